The Kier molecular flexibility index (Phi) is 4.32. The maximum Gasteiger partial charge on any atom is 0.259 e. The van der Waals surface area contributed by atoms with Crippen molar-refractivity contribution in [1.82, 2.24) is 15.2 Å². The number of hydrogen-bond acceptors (Lipinski definition) is 6. The van der Waals surface area contributed by atoms with E-state index < -0.39 is 0 Å². The van der Waals surface area contributed by atoms with Crippen LogP contribution in [0.3, 0.4) is 0 Å². The van der Waals surface area contributed by atoms with Crippen LogP contribution in [-0.4, -0.2) is 27.6 Å². The predicted molar refractivity (Wildman–Crippen MR) is 69.5 cm³/mol. The van der Waals surface area contributed by atoms with Gasteiger partial charge in [-0.3, -0.25) is 15.1 Å². The first-order valence-corrected chi connectivity index (χ1v) is 6.35. The quantitative estimate of drug-likeness (QED) is 0.841. The fourth-order valence-electron chi connectivity index (χ4n) is 1.32. The highest BCUT2D eigenvalue weighted by atomic mass is 32.1. The summed E-state index contributed by atoms with van der Waals surface area (Å²) in [6.07, 6.45) is 4.78. The van der Waals surface area contributed by atoms with Crippen molar-refractivity contribution in [3.8, 4) is 0 Å². The topological polar surface area (TPSA) is 93.8 Å². The Morgan fingerprint density at radius 2 is 2.33 bits per heavy atom. The zero-order chi connectivity index (χ0) is 12.8. The standard InChI is InChI=1S/C11H13N5OS/c12-5-1-4-9-15-16-11(18-9)14-10(17)8-3-2-6-13-7-8/h2-3,6-7H,1,4-5,12H2,(H,14,16,17). The summed E-state index contributed by atoms with van der Waals surface area (Å²) in [5.41, 5.74) is 5.92. The summed E-state index contributed by atoms with van der Waals surface area (Å²) < 4.78 is 0. The third-order valence-corrected chi connectivity index (χ3v) is 3.10. The Morgan fingerprint density at radius 1 is 1.44 bits per heavy atom. The van der Waals surface area contributed by atoms with Gasteiger partial charge in [-0.25, -0.2) is 0 Å². The van der Waals surface area contributed by atoms with Crippen molar-refractivity contribution >= 4 is 22.4 Å². The molecule has 1 amide bonds. The van der Waals surface area contributed by atoms with Crippen LogP contribution in [0.5, 0.6) is 0 Å². The fourth-order valence-corrected chi connectivity index (χ4v) is 2.10. The molecular formula is C11H13N5OS. The highest BCUT2D eigenvalue weighted by Crippen LogP contribution is 2.17. The Morgan fingerprint density at radius 3 is 3.06 bits per heavy atom. The number of nitrogens with zero attached hydrogens (tertiary/aromatic N) is 3. The zero-order valence-electron chi connectivity index (χ0n) is 9.67. The highest BCUT2D eigenvalue weighted by Gasteiger charge is 2.09. The minimum atomic E-state index is -0.232. The average molecular weight is 263 g/mol. The molecule has 7 heteroatoms. The molecule has 0 aliphatic rings. The molecule has 94 valence electrons. The molecule has 0 aliphatic carbocycles. The molecule has 0 saturated heterocycles. The molecule has 0 aliphatic heterocycles. The van der Waals surface area contributed by atoms with Gasteiger partial charge >= 0.3 is 0 Å². The predicted octanol–water partition coefficient (Wildman–Crippen LogP) is 1.08. The van der Waals surface area contributed by atoms with Crippen LogP contribution < -0.4 is 11.1 Å². The molecule has 0 fully saturated rings. The van der Waals surface area contributed by atoms with Gasteiger partial charge in [0.05, 0.1) is 5.56 Å². The molecule has 2 aromatic rings. The van der Waals surface area contributed by atoms with E-state index in [2.05, 4.69) is 20.5 Å². The lowest BCUT2D eigenvalue weighted by Gasteiger charge is -1.99. The number of rotatable bonds is 5. The van der Waals surface area contributed by atoms with Crippen LogP contribution in [-0.2, 0) is 6.42 Å². The summed E-state index contributed by atoms with van der Waals surface area (Å²) in [5.74, 6) is -0.232. The molecule has 0 spiro atoms. The molecule has 0 radical (unpaired) electrons. The molecule has 0 atom stereocenters. The van der Waals surface area contributed by atoms with Crippen molar-refractivity contribution in [3.63, 3.8) is 0 Å². The number of amides is 1. The van der Waals surface area contributed by atoms with E-state index >= 15 is 0 Å². The molecule has 3 N–H and O–H groups in total. The van der Waals surface area contributed by atoms with Crippen LogP contribution in [0.2, 0.25) is 0 Å². The van der Waals surface area contributed by atoms with Crippen LogP contribution in [0, 0.1) is 0 Å². The number of aromatic nitrogens is 3. The van der Waals surface area contributed by atoms with Crippen molar-refractivity contribution in [2.75, 3.05) is 11.9 Å². The first kappa shape index (κ1) is 12.6. The second kappa shape index (κ2) is 6.18. The molecule has 0 aromatic carbocycles. The lowest BCUT2D eigenvalue weighted by Crippen LogP contribution is -2.11. The third kappa shape index (κ3) is 3.31. The van der Waals surface area contributed by atoms with Gasteiger partial charge in [-0.1, -0.05) is 11.3 Å². The Hall–Kier alpha value is -1.86. The van der Waals surface area contributed by atoms with E-state index in [1.54, 1.807) is 18.3 Å². The maximum absolute atomic E-state index is 11.8. The molecule has 6 nitrogen and oxygen atoms in total. The minimum absolute atomic E-state index is 0.232. The van der Waals surface area contributed by atoms with Gasteiger partial charge in [0.25, 0.3) is 5.91 Å². The Labute approximate surface area is 108 Å². The smallest absolute Gasteiger partial charge is 0.259 e. The molecule has 18 heavy (non-hydrogen) atoms. The molecule has 0 bridgehead atoms. The highest BCUT2D eigenvalue weighted by molar-refractivity contribution is 7.15. The van der Waals surface area contributed by atoms with E-state index in [0.717, 1.165) is 17.8 Å². The van der Waals surface area contributed by atoms with Crippen LogP contribution in [0.15, 0.2) is 24.5 Å². The van der Waals surface area contributed by atoms with E-state index in [-0.39, 0.29) is 5.91 Å². The summed E-state index contributed by atoms with van der Waals surface area (Å²) in [7, 11) is 0. The second-order valence-electron chi connectivity index (χ2n) is 3.59. The molecule has 2 aromatic heterocycles. The summed E-state index contributed by atoms with van der Waals surface area (Å²) >= 11 is 1.37. The largest absolute Gasteiger partial charge is 0.330 e. The molecule has 0 unspecified atom stereocenters. The molecule has 2 rings (SSSR count). The number of pyridine rings is 1. The normalized spacial score (nSPS) is 10.3. The third-order valence-electron chi connectivity index (χ3n) is 2.21. The van der Waals surface area contributed by atoms with Crippen LogP contribution in [0.25, 0.3) is 0 Å². The minimum Gasteiger partial charge on any atom is -0.330 e. The Bertz CT molecular complexity index is 513. The lowest BCUT2D eigenvalue weighted by molar-refractivity contribution is 0.102. The van der Waals surface area contributed by atoms with E-state index in [1.807, 2.05) is 0 Å². The zero-order valence-corrected chi connectivity index (χ0v) is 10.5. The number of nitrogens with one attached hydrogen (secondary N) is 1. The summed E-state index contributed by atoms with van der Waals surface area (Å²) in [5, 5.41) is 12.0. The fraction of sp³-hybridized carbons (Fsp3) is 0.273. The average Bonchev–Trinajstić information content (AvgIpc) is 2.85. The number of carbonyl (C=O) groups excluding carboxylic acids is 1. The van der Waals surface area contributed by atoms with Crippen LogP contribution in [0.1, 0.15) is 21.8 Å². The number of nitrogens with two attached hydrogens (primary N) is 1. The number of anilines is 1. The Balaban J connectivity index is 1.97. The van der Waals surface area contributed by atoms with E-state index in [9.17, 15) is 4.79 Å². The number of aryl methyl sites for hydroxylation is 1. The summed E-state index contributed by atoms with van der Waals surface area (Å²) in [4.78, 5) is 15.7. The van der Waals surface area contributed by atoms with E-state index in [1.165, 1.54) is 17.5 Å². The first-order chi connectivity index (χ1) is 8.79. The van der Waals surface area contributed by atoms with E-state index in [0.29, 0.717) is 17.2 Å². The SMILES string of the molecule is NCCCc1nnc(NC(=O)c2cccnc2)s1. The number of carbonyl (C=O) groups is 1. The number of hydrogen-bond donors (Lipinski definition) is 2. The van der Waals surface area contributed by atoms with Crippen molar-refractivity contribution in [3.05, 3.63) is 35.1 Å². The van der Waals surface area contributed by atoms with Gasteiger partial charge in [0, 0.05) is 18.8 Å². The van der Waals surface area contributed by atoms with Gasteiger partial charge in [-0.15, -0.1) is 10.2 Å². The van der Waals surface area contributed by atoms with Gasteiger partial charge in [0.1, 0.15) is 5.01 Å². The summed E-state index contributed by atoms with van der Waals surface area (Å²) in [6.45, 7) is 0.622. The van der Waals surface area contributed by atoms with E-state index in [4.69, 9.17) is 5.73 Å². The second-order valence-corrected chi connectivity index (χ2v) is 4.65. The summed E-state index contributed by atoms with van der Waals surface area (Å²) in [6, 6.07) is 3.40. The van der Waals surface area contributed by atoms with Crippen molar-refractivity contribution in [2.24, 2.45) is 5.73 Å². The van der Waals surface area contributed by atoms with Gasteiger partial charge in [-0.05, 0) is 25.1 Å². The monoisotopic (exact) mass is 263 g/mol. The van der Waals surface area contributed by atoms with Gasteiger partial charge in [-0.2, -0.15) is 0 Å². The first-order valence-electron chi connectivity index (χ1n) is 5.53. The lowest BCUT2D eigenvalue weighted by atomic mass is 10.3. The molecule has 2 heterocycles. The molecular weight excluding hydrogens is 250 g/mol. The van der Waals surface area contributed by atoms with Crippen molar-refractivity contribution in [2.45, 2.75) is 12.8 Å². The molecule has 0 saturated carbocycles. The van der Waals surface area contributed by atoms with Crippen molar-refractivity contribution in [1.29, 1.82) is 0 Å². The van der Waals surface area contributed by atoms with Gasteiger partial charge < -0.3 is 5.73 Å². The maximum atomic E-state index is 11.8. The van der Waals surface area contributed by atoms with Gasteiger partial charge in [0.15, 0.2) is 0 Å². The van der Waals surface area contributed by atoms with Crippen LogP contribution >= 0.6 is 11.3 Å². The van der Waals surface area contributed by atoms with Gasteiger partial charge in [0.2, 0.25) is 5.13 Å². The van der Waals surface area contributed by atoms with Crippen molar-refractivity contribution < 1.29 is 4.79 Å². The van der Waals surface area contributed by atoms with Crippen LogP contribution in [0.4, 0.5) is 5.13 Å².